The quantitative estimate of drug-likeness (QED) is 0.405. The van der Waals surface area contributed by atoms with Crippen LogP contribution in [0.15, 0.2) is 76.7 Å². The molecule has 0 aliphatic rings. The van der Waals surface area contributed by atoms with Crippen molar-refractivity contribution < 1.29 is 13.2 Å². The van der Waals surface area contributed by atoms with Crippen LogP contribution < -0.4 is 9.73 Å². The van der Waals surface area contributed by atoms with Gasteiger partial charge in [0, 0.05) is 5.02 Å². The molecule has 0 saturated carbocycles. The Morgan fingerprint density at radius 2 is 1.56 bits per heavy atom. The van der Waals surface area contributed by atoms with Gasteiger partial charge in [-0.05, 0) is 62.2 Å². The molecule has 3 aromatic carbocycles. The first-order chi connectivity index (χ1) is 15.2. The third-order valence-corrected chi connectivity index (χ3v) is 6.81. The first-order valence-electron chi connectivity index (χ1n) is 9.91. The Morgan fingerprint density at radius 1 is 0.969 bits per heavy atom. The number of hydrazone groups is 1. The minimum absolute atomic E-state index is 0.0911. The van der Waals surface area contributed by atoms with Crippen molar-refractivity contribution in [3.05, 3.63) is 94.0 Å². The monoisotopic (exact) mass is 469 g/mol. The van der Waals surface area contributed by atoms with E-state index in [0.717, 1.165) is 21.0 Å². The van der Waals surface area contributed by atoms with Crippen molar-refractivity contribution in [1.29, 1.82) is 0 Å². The number of anilines is 1. The van der Waals surface area contributed by atoms with Gasteiger partial charge in [0.15, 0.2) is 0 Å². The van der Waals surface area contributed by atoms with Gasteiger partial charge in [0.1, 0.15) is 6.54 Å². The molecule has 0 spiro atoms. The molecule has 6 nitrogen and oxygen atoms in total. The Kier molecular flexibility index (Phi) is 7.33. The molecular formula is C24H24ClN3O3S. The maximum absolute atomic E-state index is 13.4. The van der Waals surface area contributed by atoms with Crippen LogP contribution in [0.4, 0.5) is 5.69 Å². The normalized spacial score (nSPS) is 11.5. The first kappa shape index (κ1) is 23.5. The van der Waals surface area contributed by atoms with Crippen LogP contribution >= 0.6 is 11.6 Å². The highest BCUT2D eigenvalue weighted by atomic mass is 35.5. The van der Waals surface area contributed by atoms with E-state index in [9.17, 15) is 13.2 Å². The van der Waals surface area contributed by atoms with Crippen LogP contribution in [0.2, 0.25) is 5.02 Å². The van der Waals surface area contributed by atoms with Crippen LogP contribution in [0.25, 0.3) is 0 Å². The second kappa shape index (κ2) is 9.97. The van der Waals surface area contributed by atoms with E-state index in [2.05, 4.69) is 10.5 Å². The van der Waals surface area contributed by atoms with Crippen LogP contribution in [0.1, 0.15) is 22.3 Å². The van der Waals surface area contributed by atoms with Gasteiger partial charge in [0.05, 0.1) is 16.8 Å². The van der Waals surface area contributed by atoms with Crippen LogP contribution in [0.3, 0.4) is 0 Å². The van der Waals surface area contributed by atoms with E-state index in [1.54, 1.807) is 37.3 Å². The second-order valence-corrected chi connectivity index (χ2v) is 9.76. The number of aryl methyl sites for hydroxylation is 3. The molecule has 0 aromatic heterocycles. The maximum atomic E-state index is 13.4. The van der Waals surface area contributed by atoms with Gasteiger partial charge in [-0.1, -0.05) is 59.1 Å². The predicted molar refractivity (Wildman–Crippen MR) is 129 cm³/mol. The summed E-state index contributed by atoms with van der Waals surface area (Å²) in [7, 11) is -4.01. The zero-order valence-electron chi connectivity index (χ0n) is 18.0. The summed E-state index contributed by atoms with van der Waals surface area (Å²) in [5.74, 6) is -0.571. The molecule has 1 amide bonds. The van der Waals surface area contributed by atoms with E-state index in [1.165, 1.54) is 18.3 Å². The lowest BCUT2D eigenvalue weighted by atomic mass is 10.2. The fraction of sp³-hybridized carbons (Fsp3) is 0.167. The van der Waals surface area contributed by atoms with E-state index in [4.69, 9.17) is 11.6 Å². The summed E-state index contributed by atoms with van der Waals surface area (Å²) in [5.41, 5.74) is 6.26. The maximum Gasteiger partial charge on any atom is 0.264 e. The van der Waals surface area contributed by atoms with E-state index in [0.29, 0.717) is 16.3 Å². The summed E-state index contributed by atoms with van der Waals surface area (Å²) in [6.07, 6.45) is 1.50. The van der Waals surface area contributed by atoms with Crippen molar-refractivity contribution >= 4 is 39.4 Å². The molecule has 3 rings (SSSR count). The van der Waals surface area contributed by atoms with Crippen LogP contribution in [0, 0.1) is 20.8 Å². The zero-order chi connectivity index (χ0) is 23.3. The SMILES string of the molecule is Cc1ccc(/C=N\NC(=O)CN(c2ccc(Cl)cc2C)S(=O)(=O)c2ccc(C)cc2)cc1. The standard InChI is InChI=1S/C24H24ClN3O3S/c1-17-4-8-20(9-5-17)15-26-27-24(29)16-28(23-13-10-21(25)14-19(23)3)32(30,31)22-11-6-18(2)7-12-22/h4-15H,16H2,1-3H3,(H,27,29)/b26-15-. The summed E-state index contributed by atoms with van der Waals surface area (Å²) in [4.78, 5) is 12.7. The summed E-state index contributed by atoms with van der Waals surface area (Å²) in [6.45, 7) is 5.15. The smallest absolute Gasteiger partial charge is 0.264 e. The Morgan fingerprint density at radius 3 is 2.16 bits per heavy atom. The fourth-order valence-electron chi connectivity index (χ4n) is 3.03. The highest BCUT2D eigenvalue weighted by Gasteiger charge is 2.28. The number of amides is 1. The van der Waals surface area contributed by atoms with Gasteiger partial charge in [-0.2, -0.15) is 5.10 Å². The lowest BCUT2D eigenvalue weighted by Gasteiger charge is -2.25. The van der Waals surface area contributed by atoms with E-state index in [-0.39, 0.29) is 4.90 Å². The molecule has 8 heteroatoms. The zero-order valence-corrected chi connectivity index (χ0v) is 19.6. The molecule has 0 aliphatic heterocycles. The average Bonchev–Trinajstić information content (AvgIpc) is 2.74. The molecule has 0 radical (unpaired) electrons. The van der Waals surface area contributed by atoms with Crippen LogP contribution in [0.5, 0.6) is 0 Å². The second-order valence-electron chi connectivity index (χ2n) is 7.46. The van der Waals surface area contributed by atoms with E-state index < -0.39 is 22.5 Å². The molecule has 0 heterocycles. The number of benzene rings is 3. The van der Waals surface area contributed by atoms with Crippen molar-refractivity contribution in [1.82, 2.24) is 5.43 Å². The van der Waals surface area contributed by atoms with E-state index >= 15 is 0 Å². The van der Waals surface area contributed by atoms with Gasteiger partial charge >= 0.3 is 0 Å². The minimum atomic E-state index is -4.01. The predicted octanol–water partition coefficient (Wildman–Crippen LogP) is 4.61. The fourth-order valence-corrected chi connectivity index (χ4v) is 4.75. The van der Waals surface area contributed by atoms with Crippen LogP contribution in [-0.2, 0) is 14.8 Å². The molecule has 0 unspecified atom stereocenters. The summed E-state index contributed by atoms with van der Waals surface area (Å²) in [5, 5.41) is 4.43. The molecule has 1 N–H and O–H groups in total. The lowest BCUT2D eigenvalue weighted by molar-refractivity contribution is -0.119. The Hall–Kier alpha value is -3.16. The summed E-state index contributed by atoms with van der Waals surface area (Å²) < 4.78 is 27.9. The Labute approximate surface area is 193 Å². The van der Waals surface area contributed by atoms with Gasteiger partial charge in [0.25, 0.3) is 15.9 Å². The number of carbonyl (C=O) groups excluding carboxylic acids is 1. The largest absolute Gasteiger partial charge is 0.271 e. The van der Waals surface area contributed by atoms with Crippen molar-refractivity contribution in [2.24, 2.45) is 5.10 Å². The van der Waals surface area contributed by atoms with E-state index in [1.807, 2.05) is 38.1 Å². The number of hydrogen-bond acceptors (Lipinski definition) is 4. The number of nitrogens with one attached hydrogen (secondary N) is 1. The van der Waals surface area contributed by atoms with Crippen LogP contribution in [-0.4, -0.2) is 27.1 Å². The number of nitrogens with zero attached hydrogens (tertiary/aromatic N) is 2. The average molecular weight is 470 g/mol. The third kappa shape index (κ3) is 5.75. The summed E-state index contributed by atoms with van der Waals surface area (Å²) >= 11 is 6.05. The van der Waals surface area contributed by atoms with Crippen molar-refractivity contribution in [3.63, 3.8) is 0 Å². The highest BCUT2D eigenvalue weighted by molar-refractivity contribution is 7.92. The van der Waals surface area contributed by atoms with Gasteiger partial charge in [0.2, 0.25) is 0 Å². The number of rotatable bonds is 7. The van der Waals surface area contributed by atoms with Gasteiger partial charge < -0.3 is 0 Å². The minimum Gasteiger partial charge on any atom is -0.271 e. The first-order valence-corrected chi connectivity index (χ1v) is 11.7. The number of carbonyl (C=O) groups is 1. The molecule has 166 valence electrons. The molecule has 0 atom stereocenters. The number of sulfonamides is 1. The molecule has 0 fully saturated rings. The molecule has 0 saturated heterocycles. The van der Waals surface area contributed by atoms with Crippen molar-refractivity contribution in [2.45, 2.75) is 25.7 Å². The van der Waals surface area contributed by atoms with Crippen molar-refractivity contribution in [2.75, 3.05) is 10.8 Å². The highest BCUT2D eigenvalue weighted by Crippen LogP contribution is 2.29. The summed E-state index contributed by atoms with van der Waals surface area (Å²) in [6, 6.07) is 18.9. The Balaban J connectivity index is 1.87. The van der Waals surface area contributed by atoms with Gasteiger partial charge in [-0.3, -0.25) is 9.10 Å². The van der Waals surface area contributed by atoms with Gasteiger partial charge in [-0.15, -0.1) is 0 Å². The molecule has 32 heavy (non-hydrogen) atoms. The van der Waals surface area contributed by atoms with Gasteiger partial charge in [-0.25, -0.2) is 13.8 Å². The number of halogens is 1. The number of hydrogen-bond donors (Lipinski definition) is 1. The Bertz CT molecular complexity index is 1240. The molecular weight excluding hydrogens is 446 g/mol. The topological polar surface area (TPSA) is 78.8 Å². The van der Waals surface area contributed by atoms with Crippen molar-refractivity contribution in [3.8, 4) is 0 Å². The molecule has 0 aliphatic carbocycles. The third-order valence-electron chi connectivity index (χ3n) is 4.80. The molecule has 0 bridgehead atoms. The molecule has 3 aromatic rings. The lowest BCUT2D eigenvalue weighted by Crippen LogP contribution is -2.40.